The van der Waals surface area contributed by atoms with Crippen LogP contribution < -0.4 is 4.90 Å². The van der Waals surface area contributed by atoms with Crippen molar-refractivity contribution in [3.63, 3.8) is 0 Å². The number of benzene rings is 1. The molecule has 0 aliphatic carbocycles. The maximum Gasteiger partial charge on any atom is 0.414 e. The van der Waals surface area contributed by atoms with E-state index in [4.69, 9.17) is 4.74 Å². The van der Waals surface area contributed by atoms with Crippen molar-refractivity contribution in [1.82, 2.24) is 0 Å². The molecule has 0 aliphatic heterocycles. The van der Waals surface area contributed by atoms with Crippen LogP contribution in [0.2, 0.25) is 0 Å². The van der Waals surface area contributed by atoms with Crippen LogP contribution in [0.15, 0.2) is 30.8 Å². The van der Waals surface area contributed by atoms with Gasteiger partial charge in [0.2, 0.25) is 0 Å². The van der Waals surface area contributed by atoms with Gasteiger partial charge in [0.1, 0.15) is 5.60 Å². The van der Waals surface area contributed by atoms with Crippen molar-refractivity contribution in [2.45, 2.75) is 39.7 Å². The van der Waals surface area contributed by atoms with E-state index in [1.54, 1.807) is 7.05 Å². The van der Waals surface area contributed by atoms with Gasteiger partial charge in [-0.2, -0.15) is 0 Å². The summed E-state index contributed by atoms with van der Waals surface area (Å²) in [5, 5.41) is 0. The summed E-state index contributed by atoms with van der Waals surface area (Å²) in [5.74, 6) is 0. The van der Waals surface area contributed by atoms with Gasteiger partial charge in [-0.3, -0.25) is 4.90 Å². The third-order valence-corrected chi connectivity index (χ3v) is 2.76. The second-order valence-electron chi connectivity index (χ2n) is 5.54. The number of hydrogen-bond donors (Lipinski definition) is 0. The molecule has 0 aliphatic rings. The molecule has 104 valence electrons. The fourth-order valence-electron chi connectivity index (χ4n) is 1.56. The van der Waals surface area contributed by atoms with Crippen LogP contribution in [0, 0.1) is 0 Å². The molecule has 0 atom stereocenters. The van der Waals surface area contributed by atoms with E-state index in [0.29, 0.717) is 0 Å². The van der Waals surface area contributed by atoms with Gasteiger partial charge in [0.05, 0.1) is 0 Å². The Kier molecular flexibility index (Phi) is 4.76. The molecule has 1 aromatic rings. The van der Waals surface area contributed by atoms with Crippen LogP contribution >= 0.6 is 0 Å². The van der Waals surface area contributed by atoms with Crippen LogP contribution in [0.5, 0.6) is 0 Å². The molecule has 3 heteroatoms. The Morgan fingerprint density at radius 1 is 1.26 bits per heavy atom. The number of carbonyl (C=O) groups is 1. The summed E-state index contributed by atoms with van der Waals surface area (Å²) in [6.45, 7) is 11.6. The van der Waals surface area contributed by atoms with Gasteiger partial charge in [-0.1, -0.05) is 25.6 Å². The van der Waals surface area contributed by atoms with Crippen LogP contribution in [-0.4, -0.2) is 18.7 Å². The fourth-order valence-corrected chi connectivity index (χ4v) is 1.56. The first-order chi connectivity index (χ1) is 8.74. The zero-order valence-electron chi connectivity index (χ0n) is 12.5. The molecule has 1 amide bonds. The van der Waals surface area contributed by atoms with E-state index >= 15 is 0 Å². The third-order valence-electron chi connectivity index (χ3n) is 2.76. The van der Waals surface area contributed by atoms with Crippen molar-refractivity contribution in [2.24, 2.45) is 0 Å². The monoisotopic (exact) mass is 261 g/mol. The number of carbonyl (C=O) groups excluding carboxylic acids is 1. The van der Waals surface area contributed by atoms with Gasteiger partial charge in [0, 0.05) is 12.7 Å². The number of hydrogen-bond acceptors (Lipinski definition) is 2. The van der Waals surface area contributed by atoms with E-state index in [-0.39, 0.29) is 6.09 Å². The number of nitrogens with zero attached hydrogens (tertiary/aromatic N) is 1. The highest BCUT2D eigenvalue weighted by Crippen LogP contribution is 2.21. The molecule has 0 N–H and O–H groups in total. The predicted octanol–water partition coefficient (Wildman–Crippen LogP) is 4.48. The Balaban J connectivity index is 2.80. The Morgan fingerprint density at radius 2 is 1.79 bits per heavy atom. The fraction of sp³-hybridized carbons (Fsp3) is 0.438. The molecule has 19 heavy (non-hydrogen) atoms. The molecular formula is C16H23NO2. The zero-order valence-corrected chi connectivity index (χ0v) is 12.5. The first-order valence-electron chi connectivity index (χ1n) is 6.49. The molecule has 0 unspecified atom stereocenters. The predicted molar refractivity (Wildman–Crippen MR) is 80.4 cm³/mol. The molecule has 0 fully saturated rings. The second kappa shape index (κ2) is 5.91. The maximum atomic E-state index is 11.9. The van der Waals surface area contributed by atoms with Crippen LogP contribution in [-0.2, 0) is 4.74 Å². The normalized spacial score (nSPS) is 11.0. The third kappa shape index (κ3) is 4.43. The summed E-state index contributed by atoms with van der Waals surface area (Å²) in [6.07, 6.45) is 0.566. The summed E-state index contributed by atoms with van der Waals surface area (Å²) in [4.78, 5) is 13.4. The van der Waals surface area contributed by atoms with E-state index in [2.05, 4.69) is 13.5 Å². The number of amides is 1. The molecule has 0 radical (unpaired) electrons. The summed E-state index contributed by atoms with van der Waals surface area (Å²) in [5.41, 5.74) is 2.51. The molecule has 1 aromatic carbocycles. The molecule has 0 saturated carbocycles. The van der Waals surface area contributed by atoms with E-state index < -0.39 is 5.60 Å². The molecular weight excluding hydrogens is 238 g/mol. The van der Waals surface area contributed by atoms with Crippen molar-refractivity contribution in [3.05, 3.63) is 36.4 Å². The minimum absolute atomic E-state index is 0.352. The smallest absolute Gasteiger partial charge is 0.414 e. The highest BCUT2D eigenvalue weighted by atomic mass is 16.6. The van der Waals surface area contributed by atoms with Gasteiger partial charge in [0.25, 0.3) is 0 Å². The first kappa shape index (κ1) is 15.3. The summed E-state index contributed by atoms with van der Waals surface area (Å²) >= 11 is 0. The summed E-state index contributed by atoms with van der Waals surface area (Å²) in [6, 6.07) is 7.75. The molecule has 0 spiro atoms. The van der Waals surface area contributed by atoms with Crippen molar-refractivity contribution in [1.29, 1.82) is 0 Å². The highest BCUT2D eigenvalue weighted by Gasteiger charge is 2.20. The number of allylic oxidation sites excluding steroid dienone is 1. The van der Waals surface area contributed by atoms with Gasteiger partial charge in [-0.15, -0.1) is 0 Å². The van der Waals surface area contributed by atoms with Crippen molar-refractivity contribution in [2.75, 3.05) is 11.9 Å². The first-order valence-corrected chi connectivity index (χ1v) is 6.49. The van der Waals surface area contributed by atoms with Crippen molar-refractivity contribution >= 4 is 17.4 Å². The van der Waals surface area contributed by atoms with Crippen LogP contribution in [0.3, 0.4) is 0 Å². The number of ether oxygens (including phenoxy) is 1. The van der Waals surface area contributed by atoms with Gasteiger partial charge < -0.3 is 4.74 Å². The number of rotatable bonds is 3. The maximum absolute atomic E-state index is 11.9. The standard InChI is InChI=1S/C16H23NO2/c1-7-12(2)13-8-10-14(11-9-13)17(6)15(18)19-16(3,4)5/h8-11H,2,7H2,1,3-6H3. The topological polar surface area (TPSA) is 29.5 Å². The molecule has 1 rings (SSSR count). The average molecular weight is 261 g/mol. The van der Waals surface area contributed by atoms with Gasteiger partial charge in [0.15, 0.2) is 0 Å². The molecule has 0 aromatic heterocycles. The Morgan fingerprint density at radius 3 is 2.21 bits per heavy atom. The largest absolute Gasteiger partial charge is 0.443 e. The summed E-state index contributed by atoms with van der Waals surface area (Å²) < 4.78 is 5.32. The average Bonchev–Trinajstić information content (AvgIpc) is 2.35. The van der Waals surface area contributed by atoms with Crippen LogP contribution in [0.1, 0.15) is 39.7 Å². The zero-order chi connectivity index (χ0) is 14.6. The van der Waals surface area contributed by atoms with Crippen LogP contribution in [0.4, 0.5) is 10.5 Å². The van der Waals surface area contributed by atoms with E-state index in [1.807, 2.05) is 45.0 Å². The van der Waals surface area contributed by atoms with Crippen molar-refractivity contribution in [3.8, 4) is 0 Å². The van der Waals surface area contributed by atoms with E-state index in [9.17, 15) is 4.79 Å². The second-order valence-corrected chi connectivity index (χ2v) is 5.54. The van der Waals surface area contributed by atoms with Gasteiger partial charge in [-0.05, 0) is 50.5 Å². The Hall–Kier alpha value is -1.77. The lowest BCUT2D eigenvalue weighted by Gasteiger charge is -2.24. The number of anilines is 1. The quantitative estimate of drug-likeness (QED) is 0.802. The molecule has 0 heterocycles. The lowest BCUT2D eigenvalue weighted by molar-refractivity contribution is 0.0589. The molecule has 0 bridgehead atoms. The Bertz CT molecular complexity index is 455. The molecule has 3 nitrogen and oxygen atoms in total. The minimum atomic E-state index is -0.484. The summed E-state index contributed by atoms with van der Waals surface area (Å²) in [7, 11) is 1.71. The molecule has 0 saturated heterocycles. The van der Waals surface area contributed by atoms with E-state index in [0.717, 1.165) is 23.2 Å². The highest BCUT2D eigenvalue weighted by molar-refractivity contribution is 5.87. The Labute approximate surface area is 115 Å². The lowest BCUT2D eigenvalue weighted by atomic mass is 10.1. The van der Waals surface area contributed by atoms with E-state index in [1.165, 1.54) is 4.90 Å². The minimum Gasteiger partial charge on any atom is -0.443 e. The van der Waals surface area contributed by atoms with Crippen LogP contribution in [0.25, 0.3) is 5.57 Å². The van der Waals surface area contributed by atoms with Gasteiger partial charge >= 0.3 is 6.09 Å². The lowest BCUT2D eigenvalue weighted by Crippen LogP contribution is -2.34. The SMILES string of the molecule is C=C(CC)c1ccc(N(C)C(=O)OC(C)(C)C)cc1. The van der Waals surface area contributed by atoms with Crippen molar-refractivity contribution < 1.29 is 9.53 Å². The van der Waals surface area contributed by atoms with Gasteiger partial charge in [-0.25, -0.2) is 4.79 Å².